The lowest BCUT2D eigenvalue weighted by Gasteiger charge is -2.47. The second kappa shape index (κ2) is 31.1. The summed E-state index contributed by atoms with van der Waals surface area (Å²) in [5.41, 5.74) is -1.28. The molecule has 21 nitrogen and oxygen atoms in total. The van der Waals surface area contributed by atoms with Gasteiger partial charge in [-0.15, -0.1) is 0 Å². The highest BCUT2D eigenvalue weighted by atomic mass is 16.6. The maximum absolute atomic E-state index is 10.8. The zero-order valence-electron chi connectivity index (χ0n) is 33.0. The van der Waals surface area contributed by atoms with Crippen LogP contribution in [0.25, 0.3) is 0 Å². The number of hydrogen-bond donors (Lipinski definition) is 11. The van der Waals surface area contributed by atoms with E-state index in [0.29, 0.717) is 0 Å². The van der Waals surface area contributed by atoms with Crippen LogP contribution in [-0.2, 0) is 42.6 Å². The van der Waals surface area contributed by atoms with Crippen molar-refractivity contribution in [1.82, 2.24) is 0 Å². The molecule has 55 heavy (non-hydrogen) atoms. The third kappa shape index (κ3) is 21.7. The van der Waals surface area contributed by atoms with Gasteiger partial charge in [0.1, 0.15) is 74.6 Å². The van der Waals surface area contributed by atoms with Gasteiger partial charge < -0.3 is 98.8 Å². The number of methoxy groups -OCH3 is 2. The summed E-state index contributed by atoms with van der Waals surface area (Å²) >= 11 is 0. The van der Waals surface area contributed by atoms with E-state index in [-0.39, 0.29) is 70.4 Å². The standard InChI is InChI=1S/C34H72NO20/c1-34(2,32(16-44)54-20-28(12-40)48-5)55-33(17-45)35(3,6-25(9-37)50-21-30(14-42)52-19-27(11-39)47-4)7-26(10-38)51-22-31(15-43)53-23-29(13-41)49-18-24(46)8-36/h24-33,36-46H,6-23H2,1-5H3/q+1. The number of nitrogens with zero attached hydrogens (tertiary/aromatic N) is 1. The maximum Gasteiger partial charge on any atom is 0.217 e. The molecule has 332 valence electrons. The lowest BCUT2D eigenvalue weighted by molar-refractivity contribution is -0.962. The van der Waals surface area contributed by atoms with Gasteiger partial charge in [0.25, 0.3) is 0 Å². The van der Waals surface area contributed by atoms with Crippen LogP contribution < -0.4 is 0 Å². The van der Waals surface area contributed by atoms with Crippen LogP contribution in [0.15, 0.2) is 0 Å². The zero-order valence-corrected chi connectivity index (χ0v) is 33.0. The molecule has 0 bridgehead atoms. The van der Waals surface area contributed by atoms with Crippen molar-refractivity contribution in [3.05, 3.63) is 0 Å². The molecular formula is C34H72NO20+. The van der Waals surface area contributed by atoms with E-state index in [9.17, 15) is 51.1 Å². The summed E-state index contributed by atoms with van der Waals surface area (Å²) in [7, 11) is 4.45. The molecule has 0 saturated heterocycles. The van der Waals surface area contributed by atoms with Gasteiger partial charge in [0.2, 0.25) is 6.23 Å². The molecule has 21 heteroatoms. The molecule has 0 aliphatic carbocycles. The fourth-order valence-electron chi connectivity index (χ4n) is 5.18. The molecule has 11 unspecified atom stereocenters. The topological polar surface area (TPSA) is 306 Å². The average Bonchev–Trinajstić information content (AvgIpc) is 3.19. The van der Waals surface area contributed by atoms with Crippen LogP contribution in [-0.4, -0.2) is 267 Å². The minimum Gasteiger partial charge on any atom is -0.394 e. The first kappa shape index (κ1) is 54.2. The van der Waals surface area contributed by atoms with Crippen molar-refractivity contribution in [3.63, 3.8) is 0 Å². The maximum atomic E-state index is 10.8. The Balaban J connectivity index is 6.22. The number of aliphatic hydroxyl groups excluding tert-OH is 11. The highest BCUT2D eigenvalue weighted by Gasteiger charge is 2.44. The van der Waals surface area contributed by atoms with E-state index >= 15 is 0 Å². The van der Waals surface area contributed by atoms with Crippen LogP contribution in [0.1, 0.15) is 13.8 Å². The van der Waals surface area contributed by atoms with Crippen LogP contribution in [0.5, 0.6) is 0 Å². The first-order chi connectivity index (χ1) is 26.2. The van der Waals surface area contributed by atoms with Gasteiger partial charge in [0.05, 0.1) is 112 Å². The fourth-order valence-corrected chi connectivity index (χ4v) is 5.18. The van der Waals surface area contributed by atoms with E-state index in [4.69, 9.17) is 47.7 Å². The van der Waals surface area contributed by atoms with E-state index in [1.165, 1.54) is 14.2 Å². The molecule has 0 heterocycles. The highest BCUT2D eigenvalue weighted by Crippen LogP contribution is 2.26. The lowest BCUT2D eigenvalue weighted by Crippen LogP contribution is -2.64. The lowest BCUT2D eigenvalue weighted by atomic mass is 10.0. The molecule has 0 aliphatic rings. The molecule has 11 N–H and O–H groups in total. The fraction of sp³-hybridized carbons (Fsp3) is 1.00. The number of rotatable bonds is 38. The third-order valence-electron chi connectivity index (χ3n) is 8.86. The van der Waals surface area contributed by atoms with Gasteiger partial charge in [0.15, 0.2) is 0 Å². The summed E-state index contributed by atoms with van der Waals surface area (Å²) in [6.45, 7) is -2.71. The van der Waals surface area contributed by atoms with E-state index in [1.807, 2.05) is 0 Å². The van der Waals surface area contributed by atoms with E-state index in [1.54, 1.807) is 20.9 Å². The summed E-state index contributed by atoms with van der Waals surface area (Å²) in [5, 5.41) is 109. The number of hydrogen-bond acceptors (Lipinski definition) is 20. The summed E-state index contributed by atoms with van der Waals surface area (Å²) in [5.74, 6) is 0. The van der Waals surface area contributed by atoms with Crippen molar-refractivity contribution in [2.75, 3.05) is 140 Å². The Hall–Kier alpha value is -0.840. The molecule has 0 fully saturated rings. The molecule has 0 aliphatic heterocycles. The van der Waals surface area contributed by atoms with Crippen LogP contribution in [0, 0.1) is 0 Å². The molecule has 0 aromatic heterocycles. The van der Waals surface area contributed by atoms with Gasteiger partial charge in [-0.25, -0.2) is 0 Å². The van der Waals surface area contributed by atoms with Crippen molar-refractivity contribution in [2.24, 2.45) is 0 Å². The smallest absolute Gasteiger partial charge is 0.217 e. The van der Waals surface area contributed by atoms with Crippen LogP contribution in [0.3, 0.4) is 0 Å². The predicted octanol–water partition coefficient (Wildman–Crippen LogP) is -5.82. The Morgan fingerprint density at radius 3 is 1.11 bits per heavy atom. The monoisotopic (exact) mass is 814 g/mol. The molecule has 0 rings (SSSR count). The van der Waals surface area contributed by atoms with E-state index < -0.39 is 120 Å². The number of quaternary nitrogens is 1. The normalized spacial score (nSPS) is 19.2. The second-order valence-corrected chi connectivity index (χ2v) is 13.8. The molecule has 0 amide bonds. The van der Waals surface area contributed by atoms with Crippen molar-refractivity contribution >= 4 is 0 Å². The average molecular weight is 815 g/mol. The quantitative estimate of drug-likeness (QED) is 0.0204. The van der Waals surface area contributed by atoms with E-state index in [0.717, 1.165) is 0 Å². The van der Waals surface area contributed by atoms with Gasteiger partial charge in [-0.3, -0.25) is 4.48 Å². The summed E-state index contributed by atoms with van der Waals surface area (Å²) in [4.78, 5) is 0. The van der Waals surface area contributed by atoms with E-state index in [2.05, 4.69) is 0 Å². The van der Waals surface area contributed by atoms with Gasteiger partial charge in [-0.2, -0.15) is 0 Å². The minimum atomic E-state index is -1.28. The Morgan fingerprint density at radius 1 is 0.436 bits per heavy atom. The minimum absolute atomic E-state index is 0.0409. The third-order valence-corrected chi connectivity index (χ3v) is 8.86. The zero-order chi connectivity index (χ0) is 41.9. The Labute approximate surface area is 324 Å². The molecule has 0 saturated carbocycles. The second-order valence-electron chi connectivity index (χ2n) is 13.8. The molecule has 0 radical (unpaired) electrons. The largest absolute Gasteiger partial charge is 0.394 e. The summed E-state index contributed by atoms with van der Waals surface area (Å²) in [6, 6.07) is 0. The Kier molecular flexibility index (Phi) is 30.7. The molecule has 0 aromatic carbocycles. The molecular weight excluding hydrogens is 742 g/mol. The summed E-state index contributed by atoms with van der Waals surface area (Å²) < 4.78 is 50.7. The van der Waals surface area contributed by atoms with Crippen LogP contribution >= 0.6 is 0 Å². The van der Waals surface area contributed by atoms with Gasteiger partial charge >= 0.3 is 0 Å². The SMILES string of the molecule is COC(CO)COC(CO)COC(CO)C[N+](C)(CC(CO)OCC(CO)OCC(CO)OCC(O)CO)C(CO)OC(C)(C)C(CO)OCC(CO)OC. The molecule has 0 spiro atoms. The summed E-state index contributed by atoms with van der Waals surface area (Å²) in [6.07, 6.45) is -9.17. The Morgan fingerprint density at radius 2 is 0.782 bits per heavy atom. The number of aliphatic hydroxyl groups is 11. The van der Waals surface area contributed by atoms with Gasteiger partial charge in [-0.1, -0.05) is 0 Å². The van der Waals surface area contributed by atoms with Crippen LogP contribution in [0.2, 0.25) is 0 Å². The predicted molar refractivity (Wildman–Crippen MR) is 192 cm³/mol. The first-order valence-corrected chi connectivity index (χ1v) is 18.3. The van der Waals surface area contributed by atoms with Crippen molar-refractivity contribution in [1.29, 1.82) is 0 Å². The van der Waals surface area contributed by atoms with Crippen molar-refractivity contribution in [2.45, 2.75) is 80.6 Å². The van der Waals surface area contributed by atoms with Crippen molar-refractivity contribution < 1.29 is 103 Å². The Bertz CT molecular complexity index is 890. The van der Waals surface area contributed by atoms with Crippen molar-refractivity contribution in [3.8, 4) is 0 Å². The number of likely N-dealkylation sites (N-methyl/N-ethyl adjacent to an activating group) is 1. The van der Waals surface area contributed by atoms with Gasteiger partial charge in [0, 0.05) is 14.2 Å². The van der Waals surface area contributed by atoms with Crippen LogP contribution in [0.4, 0.5) is 0 Å². The van der Waals surface area contributed by atoms with Gasteiger partial charge in [-0.05, 0) is 13.8 Å². The molecule has 0 aromatic rings. The number of ether oxygens (including phenoxy) is 9. The highest BCUT2D eigenvalue weighted by molar-refractivity contribution is 4.82. The molecule has 11 atom stereocenters. The first-order valence-electron chi connectivity index (χ1n) is 18.3.